The first kappa shape index (κ1) is 26.4. The van der Waals surface area contributed by atoms with Crippen LogP contribution in [0.1, 0.15) is 11.1 Å². The van der Waals surface area contributed by atoms with Gasteiger partial charge in [0.25, 0.3) is 5.91 Å². The van der Waals surface area contributed by atoms with Crippen LogP contribution in [0.15, 0.2) is 54.1 Å². The van der Waals surface area contributed by atoms with Crippen molar-refractivity contribution >= 4 is 109 Å². The van der Waals surface area contributed by atoms with Gasteiger partial charge in [-0.15, -0.1) is 0 Å². The van der Waals surface area contributed by atoms with E-state index in [9.17, 15) is 10.1 Å². The van der Waals surface area contributed by atoms with Crippen LogP contribution in [0.4, 0.5) is 5.69 Å². The number of benzene rings is 3. The lowest BCUT2D eigenvalue weighted by Crippen LogP contribution is -2.13. The number of nitriles is 1. The second-order valence-electron chi connectivity index (χ2n) is 6.56. The van der Waals surface area contributed by atoms with Crippen molar-refractivity contribution in [3.05, 3.63) is 92.5 Å². The fourth-order valence-electron chi connectivity index (χ4n) is 2.69. The highest BCUT2D eigenvalue weighted by Crippen LogP contribution is 2.32. The molecule has 10 heteroatoms. The zero-order valence-corrected chi connectivity index (χ0v) is 23.8. The Bertz CT molecular complexity index is 1280. The SMILES string of the molecule is N#C/C(=C/c1cc(I)c(OCc2ccc(Cl)cc2Cl)c(I)c1)C(=O)Nc1cccc(Cl)c1Cl. The molecule has 0 aliphatic carbocycles. The van der Waals surface area contributed by atoms with E-state index in [1.165, 1.54) is 6.08 Å². The van der Waals surface area contributed by atoms with Crippen molar-refractivity contribution in [3.63, 3.8) is 0 Å². The molecule has 0 fully saturated rings. The van der Waals surface area contributed by atoms with Crippen LogP contribution >= 0.6 is 91.6 Å². The summed E-state index contributed by atoms with van der Waals surface area (Å²) in [6.45, 7) is 0.267. The second kappa shape index (κ2) is 12.0. The van der Waals surface area contributed by atoms with Crippen LogP contribution in [-0.4, -0.2) is 5.91 Å². The molecule has 0 saturated heterocycles. The van der Waals surface area contributed by atoms with Crippen molar-refractivity contribution in [2.75, 3.05) is 5.32 Å². The fraction of sp³-hybridized carbons (Fsp3) is 0.0435. The van der Waals surface area contributed by atoms with E-state index in [2.05, 4.69) is 50.5 Å². The summed E-state index contributed by atoms with van der Waals surface area (Å²) < 4.78 is 7.60. The first-order valence-corrected chi connectivity index (χ1v) is 12.8. The number of hydrogen-bond donors (Lipinski definition) is 1. The lowest BCUT2D eigenvalue weighted by atomic mass is 10.1. The number of nitrogens with one attached hydrogen (secondary N) is 1. The minimum absolute atomic E-state index is 0.0840. The normalized spacial score (nSPS) is 11.1. The summed E-state index contributed by atoms with van der Waals surface area (Å²) in [6, 6.07) is 15.7. The smallest absolute Gasteiger partial charge is 0.266 e. The van der Waals surface area contributed by atoms with Crippen LogP contribution in [0.25, 0.3) is 6.08 Å². The highest BCUT2D eigenvalue weighted by molar-refractivity contribution is 14.1. The van der Waals surface area contributed by atoms with Gasteiger partial charge in [0.05, 0.1) is 22.9 Å². The van der Waals surface area contributed by atoms with E-state index in [1.807, 2.05) is 24.3 Å². The third-order valence-electron chi connectivity index (χ3n) is 4.28. The van der Waals surface area contributed by atoms with Crippen molar-refractivity contribution < 1.29 is 9.53 Å². The minimum Gasteiger partial charge on any atom is -0.487 e. The van der Waals surface area contributed by atoms with E-state index >= 15 is 0 Å². The van der Waals surface area contributed by atoms with E-state index < -0.39 is 5.91 Å². The summed E-state index contributed by atoms with van der Waals surface area (Å²) >= 11 is 28.5. The Kier molecular flexibility index (Phi) is 9.56. The zero-order chi connectivity index (χ0) is 24.1. The van der Waals surface area contributed by atoms with Gasteiger partial charge in [0.1, 0.15) is 24.0 Å². The molecule has 1 N–H and O–H groups in total. The van der Waals surface area contributed by atoms with Gasteiger partial charge < -0.3 is 10.1 Å². The molecule has 0 bridgehead atoms. The van der Waals surface area contributed by atoms with Gasteiger partial charge in [-0.1, -0.05) is 58.5 Å². The Hall–Kier alpha value is -1.22. The molecule has 168 valence electrons. The van der Waals surface area contributed by atoms with Crippen molar-refractivity contribution in [2.24, 2.45) is 0 Å². The maximum atomic E-state index is 12.6. The lowest BCUT2D eigenvalue weighted by molar-refractivity contribution is -0.112. The van der Waals surface area contributed by atoms with Crippen molar-refractivity contribution in [3.8, 4) is 11.8 Å². The van der Waals surface area contributed by atoms with Gasteiger partial charge in [-0.2, -0.15) is 5.26 Å². The highest BCUT2D eigenvalue weighted by atomic mass is 127. The molecule has 0 radical (unpaired) electrons. The quantitative estimate of drug-likeness (QED) is 0.156. The van der Waals surface area contributed by atoms with Crippen molar-refractivity contribution in [1.29, 1.82) is 5.26 Å². The number of carbonyl (C=O) groups is 1. The molecule has 0 saturated carbocycles. The molecular weight excluding hydrogens is 732 g/mol. The van der Waals surface area contributed by atoms with E-state index in [-0.39, 0.29) is 17.2 Å². The molecule has 0 heterocycles. The maximum absolute atomic E-state index is 12.6. The monoisotopic (exact) mass is 742 g/mol. The predicted octanol–water partition coefficient (Wildman–Crippen LogP) is 8.63. The molecule has 0 atom stereocenters. The van der Waals surface area contributed by atoms with Crippen LogP contribution in [0.3, 0.4) is 0 Å². The van der Waals surface area contributed by atoms with E-state index in [0.717, 1.165) is 12.7 Å². The molecular formula is C23H12Cl4I2N2O2. The summed E-state index contributed by atoms with van der Waals surface area (Å²) in [7, 11) is 0. The van der Waals surface area contributed by atoms with Crippen molar-refractivity contribution in [1.82, 2.24) is 0 Å². The number of rotatable bonds is 6. The molecule has 1 amide bonds. The molecule has 0 aliphatic rings. The van der Waals surface area contributed by atoms with Crippen LogP contribution in [0.5, 0.6) is 5.75 Å². The lowest BCUT2D eigenvalue weighted by Gasteiger charge is -2.13. The minimum atomic E-state index is -0.593. The summed E-state index contributed by atoms with van der Waals surface area (Å²) in [6.07, 6.45) is 1.50. The average molecular weight is 744 g/mol. The number of carbonyl (C=O) groups excluding carboxylic acids is 1. The Balaban J connectivity index is 1.80. The predicted molar refractivity (Wildman–Crippen MR) is 151 cm³/mol. The highest BCUT2D eigenvalue weighted by Gasteiger charge is 2.15. The van der Waals surface area contributed by atoms with Gasteiger partial charge in [0.15, 0.2) is 0 Å². The first-order valence-electron chi connectivity index (χ1n) is 9.12. The summed E-state index contributed by atoms with van der Waals surface area (Å²) in [5.74, 6) is 0.0809. The molecule has 3 rings (SSSR count). The molecule has 0 unspecified atom stereocenters. The standard InChI is InChI=1S/C23H12Cl4I2N2O2/c24-15-5-4-13(17(26)9-15)11-33-22-18(28)7-12(8-19(22)29)6-14(10-30)23(32)31-20-3-1-2-16(25)21(20)27/h1-9H,11H2,(H,31,32)/b14-6-. The maximum Gasteiger partial charge on any atom is 0.266 e. The topological polar surface area (TPSA) is 62.1 Å². The van der Waals surface area contributed by atoms with Crippen LogP contribution in [-0.2, 0) is 11.4 Å². The van der Waals surface area contributed by atoms with Crippen LogP contribution < -0.4 is 10.1 Å². The Morgan fingerprint density at radius 1 is 1.03 bits per heavy atom. The van der Waals surface area contributed by atoms with Gasteiger partial charge in [-0.3, -0.25) is 4.79 Å². The van der Waals surface area contributed by atoms with Crippen molar-refractivity contribution in [2.45, 2.75) is 6.61 Å². The molecule has 33 heavy (non-hydrogen) atoms. The Morgan fingerprint density at radius 2 is 1.73 bits per heavy atom. The number of halogens is 6. The zero-order valence-electron chi connectivity index (χ0n) is 16.4. The van der Waals surface area contributed by atoms with Crippen LogP contribution in [0, 0.1) is 18.5 Å². The third-order valence-corrected chi connectivity index (χ3v) is 7.29. The summed E-state index contributed by atoms with van der Waals surface area (Å²) in [4.78, 5) is 12.6. The van der Waals surface area contributed by atoms with E-state index in [4.69, 9.17) is 51.1 Å². The van der Waals surface area contributed by atoms with Gasteiger partial charge in [0, 0.05) is 15.6 Å². The molecule has 0 spiro atoms. The van der Waals surface area contributed by atoms with E-state index in [1.54, 1.807) is 30.3 Å². The number of amides is 1. The molecule has 0 aliphatic heterocycles. The molecule has 0 aromatic heterocycles. The van der Waals surface area contributed by atoms with Gasteiger partial charge >= 0.3 is 0 Å². The number of nitrogens with zero attached hydrogens (tertiary/aromatic N) is 1. The van der Waals surface area contributed by atoms with Gasteiger partial charge in [-0.05, 0) is 93.2 Å². The average Bonchev–Trinajstić information content (AvgIpc) is 2.75. The largest absolute Gasteiger partial charge is 0.487 e. The molecule has 4 nitrogen and oxygen atoms in total. The van der Waals surface area contributed by atoms with E-state index in [0.29, 0.717) is 32.1 Å². The fourth-order valence-corrected chi connectivity index (χ4v) is 5.63. The Labute approximate surface area is 238 Å². The third kappa shape index (κ3) is 6.90. The molecule has 3 aromatic carbocycles. The first-order chi connectivity index (χ1) is 15.7. The molecule has 3 aromatic rings. The Morgan fingerprint density at radius 3 is 2.36 bits per heavy atom. The number of hydrogen-bond acceptors (Lipinski definition) is 3. The number of anilines is 1. The van der Waals surface area contributed by atoms with Gasteiger partial charge in [0.2, 0.25) is 0 Å². The summed E-state index contributed by atoms with van der Waals surface area (Å²) in [5.41, 5.74) is 1.72. The van der Waals surface area contributed by atoms with Crippen LogP contribution in [0.2, 0.25) is 20.1 Å². The second-order valence-corrected chi connectivity index (χ2v) is 10.5. The summed E-state index contributed by atoms with van der Waals surface area (Å²) in [5, 5.41) is 13.7. The number of ether oxygens (including phenoxy) is 1. The van der Waals surface area contributed by atoms with Gasteiger partial charge in [-0.25, -0.2) is 0 Å².